The normalized spacial score (nSPS) is 20.6. The van der Waals surface area contributed by atoms with Crippen molar-refractivity contribution in [2.45, 2.75) is 56.9 Å². The van der Waals surface area contributed by atoms with Crippen molar-refractivity contribution < 1.29 is 22.0 Å². The predicted molar refractivity (Wildman–Crippen MR) is 131 cm³/mol. The van der Waals surface area contributed by atoms with E-state index in [0.717, 1.165) is 25.3 Å². The number of likely N-dealkylation sites (tertiary alicyclic amines) is 1. The Morgan fingerprint density at radius 1 is 1.03 bits per heavy atom. The SMILES string of the molecule is Cc1ccc(NC(=O)CN2CCC3(CC2)CCC(C)(C)N(S(=O)(=O)c2cccc(F)c2)C3)cc1F. The van der Waals surface area contributed by atoms with Gasteiger partial charge in [-0.1, -0.05) is 12.1 Å². The van der Waals surface area contributed by atoms with Crippen molar-refractivity contribution >= 4 is 21.6 Å². The Morgan fingerprint density at radius 2 is 1.74 bits per heavy atom. The maximum atomic E-state index is 13.8. The minimum Gasteiger partial charge on any atom is -0.325 e. The number of anilines is 1. The van der Waals surface area contributed by atoms with Crippen LogP contribution in [0.15, 0.2) is 47.4 Å². The summed E-state index contributed by atoms with van der Waals surface area (Å²) in [6.07, 6.45) is 3.15. The molecule has 2 aromatic rings. The topological polar surface area (TPSA) is 69.7 Å². The zero-order valence-corrected chi connectivity index (χ0v) is 21.3. The summed E-state index contributed by atoms with van der Waals surface area (Å²) in [5.74, 6) is -1.14. The van der Waals surface area contributed by atoms with Crippen LogP contribution in [0, 0.1) is 24.0 Å². The van der Waals surface area contributed by atoms with Crippen molar-refractivity contribution in [3.05, 3.63) is 59.7 Å². The number of hydrogen-bond donors (Lipinski definition) is 1. The number of sulfonamides is 1. The van der Waals surface area contributed by atoms with Gasteiger partial charge in [0.05, 0.1) is 11.4 Å². The van der Waals surface area contributed by atoms with E-state index in [1.54, 1.807) is 23.4 Å². The van der Waals surface area contributed by atoms with E-state index in [-0.39, 0.29) is 28.6 Å². The molecule has 0 unspecified atom stereocenters. The molecule has 2 aliphatic rings. The van der Waals surface area contributed by atoms with Gasteiger partial charge in [0.15, 0.2) is 0 Å². The lowest BCUT2D eigenvalue weighted by Gasteiger charge is -2.53. The van der Waals surface area contributed by atoms with Gasteiger partial charge in [-0.25, -0.2) is 17.2 Å². The number of aryl methyl sites for hydroxylation is 1. The Kier molecular flexibility index (Phi) is 7.05. The smallest absolute Gasteiger partial charge is 0.243 e. The lowest BCUT2D eigenvalue weighted by molar-refractivity contribution is -0.118. The largest absolute Gasteiger partial charge is 0.325 e. The Labute approximate surface area is 206 Å². The summed E-state index contributed by atoms with van der Waals surface area (Å²) in [6.45, 7) is 7.42. The Morgan fingerprint density at radius 3 is 2.40 bits per heavy atom. The van der Waals surface area contributed by atoms with Gasteiger partial charge in [-0.05, 0) is 101 Å². The lowest BCUT2D eigenvalue weighted by atomic mass is 9.69. The minimum absolute atomic E-state index is 0.0238. The quantitative estimate of drug-likeness (QED) is 0.647. The molecule has 0 saturated carbocycles. The van der Waals surface area contributed by atoms with Crippen LogP contribution in [0.4, 0.5) is 14.5 Å². The van der Waals surface area contributed by atoms with Crippen LogP contribution < -0.4 is 5.32 Å². The molecular weight excluding hydrogens is 472 g/mol. The summed E-state index contributed by atoms with van der Waals surface area (Å²) >= 11 is 0. The van der Waals surface area contributed by atoms with E-state index < -0.39 is 21.4 Å². The molecule has 2 fully saturated rings. The van der Waals surface area contributed by atoms with Crippen LogP contribution in [0.5, 0.6) is 0 Å². The molecule has 2 aliphatic heterocycles. The van der Waals surface area contributed by atoms with Gasteiger partial charge in [0.2, 0.25) is 15.9 Å². The summed E-state index contributed by atoms with van der Waals surface area (Å²) in [7, 11) is -3.86. The summed E-state index contributed by atoms with van der Waals surface area (Å²) in [6, 6.07) is 9.80. The number of carbonyl (C=O) groups is 1. The van der Waals surface area contributed by atoms with Crippen molar-refractivity contribution in [3.8, 4) is 0 Å². The van der Waals surface area contributed by atoms with Crippen LogP contribution >= 0.6 is 0 Å². The first kappa shape index (κ1) is 25.7. The lowest BCUT2D eigenvalue weighted by Crippen LogP contribution is -2.59. The maximum Gasteiger partial charge on any atom is 0.243 e. The summed E-state index contributed by atoms with van der Waals surface area (Å²) < 4.78 is 56.1. The molecule has 1 amide bonds. The second-order valence-electron chi connectivity index (χ2n) is 10.6. The van der Waals surface area contributed by atoms with E-state index in [4.69, 9.17) is 0 Å². The van der Waals surface area contributed by atoms with Crippen LogP contribution in [0.25, 0.3) is 0 Å². The highest BCUT2D eigenvalue weighted by Gasteiger charge is 2.49. The van der Waals surface area contributed by atoms with Crippen molar-refractivity contribution in [2.24, 2.45) is 5.41 Å². The third-order valence-corrected chi connectivity index (χ3v) is 9.60. The molecule has 9 heteroatoms. The molecule has 1 spiro atoms. The minimum atomic E-state index is -3.86. The van der Waals surface area contributed by atoms with Gasteiger partial charge < -0.3 is 5.32 Å². The number of benzene rings is 2. The van der Waals surface area contributed by atoms with Gasteiger partial charge in [0.1, 0.15) is 11.6 Å². The van der Waals surface area contributed by atoms with Crippen LogP contribution in [0.3, 0.4) is 0 Å². The molecule has 0 aliphatic carbocycles. The average Bonchev–Trinajstić information content (AvgIpc) is 2.79. The van der Waals surface area contributed by atoms with E-state index >= 15 is 0 Å². The van der Waals surface area contributed by atoms with Gasteiger partial charge in [0.25, 0.3) is 0 Å². The Balaban J connectivity index is 1.40. The highest BCUT2D eigenvalue weighted by molar-refractivity contribution is 7.89. The predicted octanol–water partition coefficient (Wildman–Crippen LogP) is 4.56. The zero-order chi connectivity index (χ0) is 25.4. The summed E-state index contributed by atoms with van der Waals surface area (Å²) in [4.78, 5) is 14.5. The number of carbonyl (C=O) groups excluding carboxylic acids is 1. The number of nitrogens with zero attached hydrogens (tertiary/aromatic N) is 2. The fourth-order valence-electron chi connectivity index (χ4n) is 5.13. The number of hydrogen-bond acceptors (Lipinski definition) is 4. The standard InChI is InChI=1S/C26H33F2N3O3S/c1-19-7-8-21(16-23(19)28)29-24(32)17-30-13-11-26(12-14-30)10-9-25(2,3)31(18-26)35(33,34)22-6-4-5-20(27)15-22/h4-8,15-16H,9-14,17-18H2,1-3H3,(H,29,32). The maximum absolute atomic E-state index is 13.8. The van der Waals surface area contributed by atoms with E-state index in [1.165, 1.54) is 24.3 Å². The summed E-state index contributed by atoms with van der Waals surface area (Å²) in [5.41, 5.74) is 0.201. The number of halogens is 2. The molecule has 0 atom stereocenters. The molecular formula is C26H33F2N3O3S. The molecule has 0 bridgehead atoms. The fourth-order valence-corrected chi connectivity index (χ4v) is 7.08. The average molecular weight is 506 g/mol. The van der Waals surface area contributed by atoms with Gasteiger partial charge in [-0.2, -0.15) is 4.31 Å². The second kappa shape index (κ2) is 9.59. The van der Waals surface area contributed by atoms with E-state index in [9.17, 15) is 22.0 Å². The van der Waals surface area contributed by atoms with Crippen LogP contribution in [-0.2, 0) is 14.8 Å². The van der Waals surface area contributed by atoms with Crippen molar-refractivity contribution in [3.63, 3.8) is 0 Å². The van der Waals surface area contributed by atoms with Gasteiger partial charge in [-0.3, -0.25) is 9.69 Å². The van der Waals surface area contributed by atoms with E-state index in [2.05, 4.69) is 10.2 Å². The zero-order valence-electron chi connectivity index (χ0n) is 20.5. The molecule has 4 rings (SSSR count). The molecule has 190 valence electrons. The van der Waals surface area contributed by atoms with Gasteiger partial charge >= 0.3 is 0 Å². The Hall–Kier alpha value is -2.36. The molecule has 1 N–H and O–H groups in total. The van der Waals surface area contributed by atoms with Crippen molar-refractivity contribution in [1.82, 2.24) is 9.21 Å². The van der Waals surface area contributed by atoms with E-state index in [1.807, 2.05) is 13.8 Å². The third kappa shape index (κ3) is 5.57. The molecule has 0 aromatic heterocycles. The monoisotopic (exact) mass is 505 g/mol. The fraction of sp³-hybridized carbons (Fsp3) is 0.500. The van der Waals surface area contributed by atoms with Crippen LogP contribution in [0.1, 0.15) is 45.1 Å². The van der Waals surface area contributed by atoms with Crippen molar-refractivity contribution in [2.75, 3.05) is 31.5 Å². The highest BCUT2D eigenvalue weighted by atomic mass is 32.2. The highest BCUT2D eigenvalue weighted by Crippen LogP contribution is 2.46. The van der Waals surface area contributed by atoms with Crippen LogP contribution in [-0.4, -0.2) is 55.2 Å². The Bertz CT molecular complexity index is 1210. The van der Waals surface area contributed by atoms with E-state index in [0.29, 0.717) is 37.3 Å². The first-order valence-electron chi connectivity index (χ1n) is 12.0. The third-order valence-electron chi connectivity index (χ3n) is 7.54. The number of rotatable bonds is 5. The second-order valence-corrected chi connectivity index (χ2v) is 12.4. The molecule has 2 aromatic carbocycles. The summed E-state index contributed by atoms with van der Waals surface area (Å²) in [5, 5.41) is 2.75. The molecule has 2 saturated heterocycles. The molecule has 2 heterocycles. The van der Waals surface area contributed by atoms with Gasteiger partial charge in [0, 0.05) is 17.8 Å². The molecule has 6 nitrogen and oxygen atoms in total. The first-order chi connectivity index (χ1) is 16.4. The number of piperidine rings is 2. The van der Waals surface area contributed by atoms with Gasteiger partial charge in [-0.15, -0.1) is 0 Å². The van der Waals surface area contributed by atoms with Crippen molar-refractivity contribution in [1.29, 1.82) is 0 Å². The molecule has 0 radical (unpaired) electrons. The first-order valence-corrected chi connectivity index (χ1v) is 13.4. The molecule has 35 heavy (non-hydrogen) atoms. The van der Waals surface area contributed by atoms with Crippen LogP contribution in [0.2, 0.25) is 0 Å². The number of nitrogens with one attached hydrogen (secondary N) is 1. The number of amides is 1.